The molecule has 1 aromatic heterocycles. The molecule has 1 aliphatic rings. The van der Waals surface area contributed by atoms with Gasteiger partial charge in [-0.2, -0.15) is 0 Å². The third kappa shape index (κ3) is 6.62. The quantitative estimate of drug-likeness (QED) is 0.492. The Morgan fingerprint density at radius 1 is 1.12 bits per heavy atom. The summed E-state index contributed by atoms with van der Waals surface area (Å²) in [6.45, 7) is 4.50. The molecule has 1 unspecified atom stereocenters. The van der Waals surface area contributed by atoms with Crippen LogP contribution in [-0.4, -0.2) is 48.4 Å². The van der Waals surface area contributed by atoms with E-state index < -0.39 is 11.9 Å². The molecule has 0 bridgehead atoms. The van der Waals surface area contributed by atoms with Gasteiger partial charge in [-0.05, 0) is 44.4 Å². The van der Waals surface area contributed by atoms with Crippen molar-refractivity contribution in [3.8, 4) is 5.75 Å². The first-order chi connectivity index (χ1) is 16.5. The Labute approximate surface area is 201 Å². The highest BCUT2D eigenvalue weighted by molar-refractivity contribution is 5.95. The van der Waals surface area contributed by atoms with Crippen molar-refractivity contribution in [2.75, 3.05) is 19.7 Å². The minimum Gasteiger partial charge on any atom is -0.494 e. The molecule has 1 aromatic carbocycles. The molecule has 1 heterocycles. The highest BCUT2D eigenvalue weighted by Crippen LogP contribution is 2.31. The molecule has 0 spiro atoms. The molecule has 34 heavy (non-hydrogen) atoms. The Hall–Kier alpha value is -3.29. The molecule has 184 valence electrons. The highest BCUT2D eigenvalue weighted by Gasteiger charge is 2.34. The largest absolute Gasteiger partial charge is 0.494 e. The van der Waals surface area contributed by atoms with E-state index in [4.69, 9.17) is 9.15 Å². The van der Waals surface area contributed by atoms with Gasteiger partial charge in [0.25, 0.3) is 5.91 Å². The average molecular weight is 470 g/mol. The molecule has 1 saturated carbocycles. The Kier molecular flexibility index (Phi) is 9.55. The zero-order chi connectivity index (χ0) is 24.3. The fraction of sp³-hybridized carbons (Fsp3) is 0.500. The molecular formula is C26H35N3O5. The second-order valence-electron chi connectivity index (χ2n) is 8.46. The second-order valence-corrected chi connectivity index (χ2v) is 8.46. The smallest absolute Gasteiger partial charge is 0.287 e. The summed E-state index contributed by atoms with van der Waals surface area (Å²) in [7, 11) is 0. The van der Waals surface area contributed by atoms with E-state index in [9.17, 15) is 14.4 Å². The van der Waals surface area contributed by atoms with Gasteiger partial charge in [0, 0.05) is 18.2 Å². The van der Waals surface area contributed by atoms with Gasteiger partial charge >= 0.3 is 0 Å². The first-order valence-corrected chi connectivity index (χ1v) is 12.2. The van der Waals surface area contributed by atoms with Crippen LogP contribution in [0.2, 0.25) is 0 Å². The fourth-order valence-corrected chi connectivity index (χ4v) is 4.27. The molecule has 0 saturated heterocycles. The number of ether oxygens (including phenoxy) is 1. The predicted octanol–water partition coefficient (Wildman–Crippen LogP) is 3.84. The van der Waals surface area contributed by atoms with E-state index in [1.54, 1.807) is 11.0 Å². The number of furan rings is 1. The van der Waals surface area contributed by atoms with Gasteiger partial charge in [-0.3, -0.25) is 14.4 Å². The number of para-hydroxylation sites is 1. The van der Waals surface area contributed by atoms with E-state index in [1.165, 1.54) is 12.3 Å². The lowest BCUT2D eigenvalue weighted by atomic mass is 10.0. The molecule has 8 nitrogen and oxygen atoms in total. The molecule has 1 atom stereocenters. The van der Waals surface area contributed by atoms with Crippen LogP contribution >= 0.6 is 0 Å². The predicted molar refractivity (Wildman–Crippen MR) is 128 cm³/mol. The molecule has 2 N–H and O–H groups in total. The van der Waals surface area contributed by atoms with Crippen LogP contribution < -0.4 is 15.4 Å². The maximum atomic E-state index is 13.6. The fourth-order valence-electron chi connectivity index (χ4n) is 4.27. The van der Waals surface area contributed by atoms with Gasteiger partial charge < -0.3 is 24.7 Å². The third-order valence-electron chi connectivity index (χ3n) is 5.99. The van der Waals surface area contributed by atoms with Crippen molar-refractivity contribution < 1.29 is 23.5 Å². The van der Waals surface area contributed by atoms with Crippen LogP contribution in [-0.2, 0) is 9.59 Å². The van der Waals surface area contributed by atoms with Crippen LogP contribution in [0.5, 0.6) is 5.75 Å². The normalized spacial score (nSPS) is 14.4. The van der Waals surface area contributed by atoms with Gasteiger partial charge in [0.1, 0.15) is 11.8 Å². The van der Waals surface area contributed by atoms with Crippen molar-refractivity contribution in [3.63, 3.8) is 0 Å². The lowest BCUT2D eigenvalue weighted by molar-refractivity contribution is -0.140. The number of nitrogens with one attached hydrogen (secondary N) is 2. The van der Waals surface area contributed by atoms with E-state index in [1.807, 2.05) is 38.1 Å². The number of carbonyl (C=O) groups is 3. The number of rotatable bonds is 12. The molecular weight excluding hydrogens is 434 g/mol. The Balaban J connectivity index is 1.88. The highest BCUT2D eigenvalue weighted by atomic mass is 16.5. The lowest BCUT2D eigenvalue weighted by Gasteiger charge is -2.33. The van der Waals surface area contributed by atoms with Crippen molar-refractivity contribution in [1.82, 2.24) is 15.5 Å². The molecule has 0 radical (unpaired) electrons. The van der Waals surface area contributed by atoms with Crippen molar-refractivity contribution in [2.45, 2.75) is 64.5 Å². The van der Waals surface area contributed by atoms with Gasteiger partial charge in [0.15, 0.2) is 5.76 Å². The second kappa shape index (κ2) is 12.8. The van der Waals surface area contributed by atoms with Gasteiger partial charge in [0.05, 0.1) is 19.4 Å². The van der Waals surface area contributed by atoms with E-state index in [0.29, 0.717) is 24.5 Å². The summed E-state index contributed by atoms with van der Waals surface area (Å²) in [5, 5.41) is 5.77. The van der Waals surface area contributed by atoms with Crippen LogP contribution in [0.4, 0.5) is 0 Å². The van der Waals surface area contributed by atoms with Crippen molar-refractivity contribution in [1.29, 1.82) is 0 Å². The number of unbranched alkanes of at least 4 members (excludes halogenated alkanes) is 1. The van der Waals surface area contributed by atoms with Crippen LogP contribution in [0.3, 0.4) is 0 Å². The van der Waals surface area contributed by atoms with Gasteiger partial charge in [-0.1, -0.05) is 44.4 Å². The summed E-state index contributed by atoms with van der Waals surface area (Å²) in [4.78, 5) is 40.9. The van der Waals surface area contributed by atoms with E-state index in [2.05, 4.69) is 10.6 Å². The SMILES string of the molecule is CCCCN(C(=O)CNC(=O)c1ccco1)C(C(=O)NC1CCCC1)c1ccccc1OCC. The monoisotopic (exact) mass is 469 g/mol. The number of amides is 3. The van der Waals surface area contributed by atoms with E-state index >= 15 is 0 Å². The summed E-state index contributed by atoms with van der Waals surface area (Å²) >= 11 is 0. The van der Waals surface area contributed by atoms with Crippen molar-refractivity contribution >= 4 is 17.7 Å². The summed E-state index contributed by atoms with van der Waals surface area (Å²) in [6, 6.07) is 9.73. The van der Waals surface area contributed by atoms with E-state index in [0.717, 1.165) is 38.5 Å². The zero-order valence-electron chi connectivity index (χ0n) is 20.0. The molecule has 3 amide bonds. The van der Waals surface area contributed by atoms with E-state index in [-0.39, 0.29) is 30.2 Å². The minimum atomic E-state index is -0.858. The van der Waals surface area contributed by atoms with Gasteiger partial charge in [0.2, 0.25) is 11.8 Å². The van der Waals surface area contributed by atoms with Crippen LogP contribution in [0, 0.1) is 0 Å². The van der Waals surface area contributed by atoms with Crippen LogP contribution in [0.25, 0.3) is 0 Å². The summed E-state index contributed by atoms with van der Waals surface area (Å²) in [5.74, 6) is -0.335. The maximum Gasteiger partial charge on any atom is 0.287 e. The molecule has 2 aromatic rings. The number of hydrogen-bond acceptors (Lipinski definition) is 5. The standard InChI is InChI=1S/C26H35N3O5/c1-3-5-16-29(23(30)18-27-25(31)22-15-10-17-34-22)24(26(32)28-19-11-6-7-12-19)20-13-8-9-14-21(20)33-4-2/h8-10,13-15,17,19,24H,3-7,11-12,16,18H2,1-2H3,(H,27,31)(H,28,32). The molecule has 1 aliphatic carbocycles. The first-order valence-electron chi connectivity index (χ1n) is 12.2. The molecule has 8 heteroatoms. The lowest BCUT2D eigenvalue weighted by Crippen LogP contribution is -2.49. The van der Waals surface area contributed by atoms with Gasteiger partial charge in [-0.15, -0.1) is 0 Å². The molecule has 0 aliphatic heterocycles. The van der Waals surface area contributed by atoms with Crippen LogP contribution in [0.15, 0.2) is 47.1 Å². The average Bonchev–Trinajstić information content (AvgIpc) is 3.55. The summed E-state index contributed by atoms with van der Waals surface area (Å²) in [6.07, 6.45) is 7.03. The molecule has 3 rings (SSSR count). The van der Waals surface area contributed by atoms with Crippen molar-refractivity contribution in [3.05, 3.63) is 54.0 Å². The number of carbonyl (C=O) groups excluding carboxylic acids is 3. The number of hydrogen-bond donors (Lipinski definition) is 2. The van der Waals surface area contributed by atoms with Gasteiger partial charge in [-0.25, -0.2) is 0 Å². The molecule has 1 fully saturated rings. The summed E-state index contributed by atoms with van der Waals surface area (Å²) < 4.78 is 10.9. The third-order valence-corrected chi connectivity index (χ3v) is 5.99. The summed E-state index contributed by atoms with van der Waals surface area (Å²) in [5.41, 5.74) is 0.640. The zero-order valence-corrected chi connectivity index (χ0v) is 20.0. The topological polar surface area (TPSA) is 101 Å². The number of nitrogens with zero attached hydrogens (tertiary/aromatic N) is 1. The minimum absolute atomic E-state index is 0.107. The van der Waals surface area contributed by atoms with Crippen LogP contribution in [0.1, 0.15) is 74.5 Å². The Morgan fingerprint density at radius 3 is 2.56 bits per heavy atom. The Bertz CT molecular complexity index is 938. The Morgan fingerprint density at radius 2 is 1.88 bits per heavy atom. The van der Waals surface area contributed by atoms with Crippen molar-refractivity contribution in [2.24, 2.45) is 0 Å². The number of benzene rings is 1. The maximum absolute atomic E-state index is 13.6. The first kappa shape index (κ1) is 25.3.